The lowest BCUT2D eigenvalue weighted by Crippen LogP contribution is -2.42. The summed E-state index contributed by atoms with van der Waals surface area (Å²) in [5, 5.41) is 0.569. The van der Waals surface area contributed by atoms with Crippen LogP contribution in [0, 0.1) is 16.6 Å². The van der Waals surface area contributed by atoms with Gasteiger partial charge in [-0.05, 0) is 55.1 Å². The number of fused-ring (bicyclic) bond motifs is 1. The Hall–Kier alpha value is -1.95. The zero-order valence-corrected chi connectivity index (χ0v) is 15.9. The molecule has 0 bridgehead atoms. The van der Waals surface area contributed by atoms with Gasteiger partial charge in [-0.15, -0.1) is 0 Å². The second kappa shape index (κ2) is 7.12. The van der Waals surface area contributed by atoms with E-state index >= 15 is 0 Å². The van der Waals surface area contributed by atoms with Crippen molar-refractivity contribution in [2.45, 2.75) is 40.2 Å². The normalized spacial score (nSPS) is 20.8. The largest absolute Gasteiger partial charge is 0.338 e. The number of aromatic amines is 1. The number of nitrogens with one attached hydrogen (secondary N) is 1. The number of amides is 1. The van der Waals surface area contributed by atoms with Crippen molar-refractivity contribution in [3.05, 3.63) is 38.9 Å². The van der Waals surface area contributed by atoms with Gasteiger partial charge < -0.3 is 9.88 Å². The van der Waals surface area contributed by atoms with Crippen molar-refractivity contribution >= 4 is 29.0 Å². The van der Waals surface area contributed by atoms with Crippen molar-refractivity contribution in [2.24, 2.45) is 11.8 Å². The Labute approximate surface area is 152 Å². The summed E-state index contributed by atoms with van der Waals surface area (Å²) in [4.78, 5) is 30.5. The third-order valence-corrected chi connectivity index (χ3v) is 5.15. The van der Waals surface area contributed by atoms with Crippen molar-refractivity contribution in [1.29, 1.82) is 0 Å². The predicted octanol–water partition coefficient (Wildman–Crippen LogP) is 3.59. The zero-order valence-electron chi connectivity index (χ0n) is 15.0. The van der Waals surface area contributed by atoms with E-state index in [-0.39, 0.29) is 11.5 Å². The van der Waals surface area contributed by atoms with Crippen LogP contribution in [0.1, 0.15) is 44.0 Å². The molecule has 0 radical (unpaired) electrons. The van der Waals surface area contributed by atoms with E-state index in [2.05, 4.69) is 18.8 Å². The molecule has 0 saturated carbocycles. The van der Waals surface area contributed by atoms with E-state index < -0.39 is 0 Å². The van der Waals surface area contributed by atoms with Crippen LogP contribution in [-0.2, 0) is 6.54 Å². The number of carbonyl (C=O) groups is 1. The molecule has 6 heteroatoms. The highest BCUT2D eigenvalue weighted by Crippen LogP contribution is 2.23. The molecule has 1 N–H and O–H groups in total. The molecule has 5 nitrogen and oxygen atoms in total. The molecule has 1 aliphatic rings. The first-order chi connectivity index (χ1) is 11.9. The minimum Gasteiger partial charge on any atom is -0.338 e. The van der Waals surface area contributed by atoms with E-state index in [1.165, 1.54) is 0 Å². The molecule has 0 spiro atoms. The number of H-pyrrole nitrogens is 1. The van der Waals surface area contributed by atoms with E-state index in [4.69, 9.17) is 12.2 Å². The maximum atomic E-state index is 12.9. The van der Waals surface area contributed by atoms with Gasteiger partial charge in [0.1, 0.15) is 0 Å². The zero-order chi connectivity index (χ0) is 18.1. The Balaban J connectivity index is 1.99. The van der Waals surface area contributed by atoms with Gasteiger partial charge >= 0.3 is 0 Å². The van der Waals surface area contributed by atoms with Gasteiger partial charge in [-0.3, -0.25) is 14.2 Å². The van der Waals surface area contributed by atoms with Crippen LogP contribution in [0.15, 0.2) is 23.0 Å². The van der Waals surface area contributed by atoms with Gasteiger partial charge in [-0.25, -0.2) is 0 Å². The van der Waals surface area contributed by atoms with Crippen LogP contribution in [-0.4, -0.2) is 33.4 Å². The van der Waals surface area contributed by atoms with E-state index in [0.717, 1.165) is 25.9 Å². The van der Waals surface area contributed by atoms with Crippen LogP contribution in [0.25, 0.3) is 10.9 Å². The molecule has 1 amide bonds. The molecule has 0 aliphatic carbocycles. The first-order valence-corrected chi connectivity index (χ1v) is 9.37. The summed E-state index contributed by atoms with van der Waals surface area (Å²) in [6, 6.07) is 5.25. The highest BCUT2D eigenvalue weighted by molar-refractivity contribution is 7.71. The average Bonchev–Trinajstić information content (AvgIpc) is 2.56. The average molecular weight is 359 g/mol. The molecule has 25 heavy (non-hydrogen) atoms. The number of hydrogen-bond acceptors (Lipinski definition) is 3. The van der Waals surface area contributed by atoms with Crippen molar-refractivity contribution < 1.29 is 4.79 Å². The maximum absolute atomic E-state index is 12.9. The van der Waals surface area contributed by atoms with E-state index in [1.807, 2.05) is 11.8 Å². The Bertz CT molecular complexity index is 905. The Morgan fingerprint density at radius 2 is 1.96 bits per heavy atom. The molecule has 2 unspecified atom stereocenters. The number of hydrogen-bond donors (Lipinski definition) is 1. The summed E-state index contributed by atoms with van der Waals surface area (Å²) in [5.74, 6) is 1.05. The number of aromatic nitrogens is 2. The molecular weight excluding hydrogens is 334 g/mol. The quantitative estimate of drug-likeness (QED) is 0.852. The lowest BCUT2D eigenvalue weighted by Gasteiger charge is -2.35. The summed E-state index contributed by atoms with van der Waals surface area (Å²) >= 11 is 5.31. The number of carbonyl (C=O) groups excluding carboxylic acids is 1. The summed E-state index contributed by atoms with van der Waals surface area (Å²) in [6.07, 6.45) is 2.00. The lowest BCUT2D eigenvalue weighted by molar-refractivity contribution is 0.0623. The van der Waals surface area contributed by atoms with Gasteiger partial charge in [0.25, 0.3) is 11.5 Å². The molecule has 2 atom stereocenters. The number of rotatable bonds is 3. The van der Waals surface area contributed by atoms with E-state index in [1.54, 1.807) is 22.8 Å². The fourth-order valence-corrected chi connectivity index (χ4v) is 4.11. The number of nitrogens with zero attached hydrogens (tertiary/aromatic N) is 2. The van der Waals surface area contributed by atoms with Crippen molar-refractivity contribution in [3.8, 4) is 0 Å². The van der Waals surface area contributed by atoms with Gasteiger partial charge in [-0.1, -0.05) is 20.8 Å². The van der Waals surface area contributed by atoms with Crippen LogP contribution in [0.3, 0.4) is 0 Å². The Morgan fingerprint density at radius 3 is 2.60 bits per heavy atom. The molecule has 1 saturated heterocycles. The van der Waals surface area contributed by atoms with Crippen LogP contribution in [0.4, 0.5) is 0 Å². The van der Waals surface area contributed by atoms with Crippen LogP contribution >= 0.6 is 12.2 Å². The van der Waals surface area contributed by atoms with Crippen LogP contribution in [0.5, 0.6) is 0 Å². The van der Waals surface area contributed by atoms with Crippen LogP contribution < -0.4 is 5.56 Å². The fourth-order valence-electron chi connectivity index (χ4n) is 3.83. The van der Waals surface area contributed by atoms with Gasteiger partial charge in [0.15, 0.2) is 4.77 Å². The molecular formula is C19H25N3O2S. The Morgan fingerprint density at radius 1 is 1.28 bits per heavy atom. The van der Waals surface area contributed by atoms with E-state index in [0.29, 0.717) is 39.6 Å². The molecule has 3 rings (SSSR count). The molecule has 1 aliphatic heterocycles. The number of benzene rings is 1. The third-order valence-electron chi connectivity index (χ3n) is 4.83. The first-order valence-electron chi connectivity index (χ1n) is 8.96. The highest BCUT2D eigenvalue weighted by atomic mass is 32.1. The minimum atomic E-state index is -0.0974. The molecule has 1 aromatic heterocycles. The fraction of sp³-hybridized carbons (Fsp3) is 0.526. The maximum Gasteiger partial charge on any atom is 0.262 e. The second-order valence-corrected chi connectivity index (χ2v) is 7.69. The molecule has 134 valence electrons. The van der Waals surface area contributed by atoms with Gasteiger partial charge in [0.05, 0.1) is 10.9 Å². The third kappa shape index (κ3) is 3.54. The summed E-state index contributed by atoms with van der Waals surface area (Å²) in [7, 11) is 0. The first kappa shape index (κ1) is 17.9. The number of piperidine rings is 1. The smallest absolute Gasteiger partial charge is 0.262 e. The van der Waals surface area contributed by atoms with Crippen molar-refractivity contribution in [2.75, 3.05) is 13.1 Å². The summed E-state index contributed by atoms with van der Waals surface area (Å²) in [6.45, 7) is 8.54. The molecule has 1 aromatic carbocycles. The lowest BCUT2D eigenvalue weighted by atomic mass is 9.91. The summed E-state index contributed by atoms with van der Waals surface area (Å²) < 4.78 is 1.98. The van der Waals surface area contributed by atoms with Gasteiger partial charge in [-0.2, -0.15) is 0 Å². The van der Waals surface area contributed by atoms with Gasteiger partial charge in [0.2, 0.25) is 0 Å². The minimum absolute atomic E-state index is 0.0253. The van der Waals surface area contributed by atoms with Crippen LogP contribution in [0.2, 0.25) is 0 Å². The Kier molecular flexibility index (Phi) is 5.08. The summed E-state index contributed by atoms with van der Waals surface area (Å²) in [5.41, 5.74) is 1.14. The molecule has 2 heterocycles. The standard InChI is InChI=1S/C19H25N3O2S/c1-4-7-22-18(24)15-6-5-14(9-16(15)20-19(22)25)17(23)21-10-12(2)8-13(3)11-21/h5-6,9,12-13H,4,7-8,10-11H2,1-3H3,(H,20,25). The SMILES string of the molecule is CCCn1c(=S)[nH]c2cc(C(=O)N3CC(C)CC(C)C3)ccc2c1=O. The highest BCUT2D eigenvalue weighted by Gasteiger charge is 2.26. The monoisotopic (exact) mass is 359 g/mol. The van der Waals surface area contributed by atoms with Crippen molar-refractivity contribution in [3.63, 3.8) is 0 Å². The van der Waals surface area contributed by atoms with Crippen molar-refractivity contribution in [1.82, 2.24) is 14.5 Å². The number of likely N-dealkylation sites (tertiary alicyclic amines) is 1. The topological polar surface area (TPSA) is 58.1 Å². The predicted molar refractivity (Wildman–Crippen MR) is 103 cm³/mol. The second-order valence-electron chi connectivity index (χ2n) is 7.30. The van der Waals surface area contributed by atoms with E-state index in [9.17, 15) is 9.59 Å². The van der Waals surface area contributed by atoms with Gasteiger partial charge in [0, 0.05) is 25.2 Å². The molecule has 2 aromatic rings. The molecule has 1 fully saturated rings.